The van der Waals surface area contributed by atoms with Crippen molar-refractivity contribution in [2.24, 2.45) is 0 Å². The number of carbonyl (C=O) groups excluding carboxylic acids is 1. The fourth-order valence-electron chi connectivity index (χ4n) is 2.64. The fraction of sp³-hybridized carbons (Fsp3) is 0.136. The van der Waals surface area contributed by atoms with E-state index < -0.39 is 10.0 Å². The van der Waals surface area contributed by atoms with Gasteiger partial charge in [0, 0.05) is 29.3 Å². The van der Waals surface area contributed by atoms with E-state index in [1.807, 2.05) is 18.2 Å². The van der Waals surface area contributed by atoms with E-state index in [4.69, 9.17) is 0 Å². The highest BCUT2D eigenvalue weighted by Crippen LogP contribution is 2.17. The molecule has 3 aromatic rings. The average Bonchev–Trinajstić information content (AvgIpc) is 2.74. The molecule has 3 rings (SSSR count). The van der Waals surface area contributed by atoms with Crippen molar-refractivity contribution >= 4 is 33.4 Å². The number of anilines is 1. The van der Waals surface area contributed by atoms with E-state index in [2.05, 4.69) is 22.2 Å². The van der Waals surface area contributed by atoms with E-state index in [9.17, 15) is 13.2 Å². The van der Waals surface area contributed by atoms with Crippen molar-refractivity contribution in [1.29, 1.82) is 0 Å². The van der Waals surface area contributed by atoms with E-state index in [0.29, 0.717) is 17.8 Å². The molecule has 0 saturated heterocycles. The summed E-state index contributed by atoms with van der Waals surface area (Å²) in [7, 11) is -3.69. The van der Waals surface area contributed by atoms with Crippen molar-refractivity contribution in [1.82, 2.24) is 5.32 Å². The Kier molecular flexibility index (Phi) is 7.32. The lowest BCUT2D eigenvalue weighted by atomic mass is 10.2. The van der Waals surface area contributed by atoms with E-state index in [1.165, 1.54) is 23.8 Å². The van der Waals surface area contributed by atoms with Crippen molar-refractivity contribution in [3.63, 3.8) is 0 Å². The van der Waals surface area contributed by atoms with Crippen LogP contribution in [0.4, 0.5) is 5.69 Å². The minimum atomic E-state index is -3.69. The number of thioether (sulfide) groups is 1. The molecule has 3 aromatic carbocycles. The molecule has 7 heteroatoms. The summed E-state index contributed by atoms with van der Waals surface area (Å²) in [6.07, 6.45) is 0. The summed E-state index contributed by atoms with van der Waals surface area (Å²) in [6.45, 7) is 0.538. The van der Waals surface area contributed by atoms with Crippen molar-refractivity contribution in [3.05, 3.63) is 96.1 Å². The predicted octanol–water partition coefficient (Wildman–Crippen LogP) is 4.15. The molecule has 0 aliphatic rings. The maximum absolute atomic E-state index is 12.4. The van der Waals surface area contributed by atoms with Gasteiger partial charge in [0.2, 0.25) is 0 Å². The Morgan fingerprint density at radius 2 is 1.55 bits per heavy atom. The first-order chi connectivity index (χ1) is 14.0. The lowest BCUT2D eigenvalue weighted by Crippen LogP contribution is -2.26. The van der Waals surface area contributed by atoms with Crippen LogP contribution in [0.2, 0.25) is 0 Å². The Hall–Kier alpha value is -2.77. The zero-order valence-electron chi connectivity index (χ0n) is 15.7. The van der Waals surface area contributed by atoms with Crippen molar-refractivity contribution in [2.75, 3.05) is 17.0 Å². The third-order valence-electron chi connectivity index (χ3n) is 4.07. The minimum Gasteiger partial charge on any atom is -0.351 e. The van der Waals surface area contributed by atoms with Gasteiger partial charge in [-0.3, -0.25) is 9.52 Å². The second kappa shape index (κ2) is 10.1. The molecule has 0 radical (unpaired) electrons. The summed E-state index contributed by atoms with van der Waals surface area (Å²) < 4.78 is 27.4. The van der Waals surface area contributed by atoms with E-state index >= 15 is 0 Å². The van der Waals surface area contributed by atoms with Gasteiger partial charge in [0.25, 0.3) is 15.9 Å². The SMILES string of the molecule is O=C(NCCSCc1ccccc1)c1cccc(NS(=O)(=O)c2ccccc2)c1. The van der Waals surface area contributed by atoms with Crippen LogP contribution in [-0.2, 0) is 15.8 Å². The van der Waals surface area contributed by atoms with Crippen LogP contribution in [0, 0.1) is 0 Å². The Morgan fingerprint density at radius 3 is 2.28 bits per heavy atom. The zero-order valence-corrected chi connectivity index (χ0v) is 17.4. The largest absolute Gasteiger partial charge is 0.351 e. The van der Waals surface area contributed by atoms with Crippen LogP contribution < -0.4 is 10.0 Å². The molecule has 1 amide bonds. The third kappa shape index (κ3) is 6.37. The molecule has 0 spiro atoms. The van der Waals surface area contributed by atoms with Gasteiger partial charge in [-0.25, -0.2) is 8.42 Å². The van der Waals surface area contributed by atoms with Crippen molar-refractivity contribution < 1.29 is 13.2 Å². The summed E-state index contributed by atoms with van der Waals surface area (Å²) in [5.74, 6) is 1.46. The van der Waals surface area contributed by atoms with Crippen LogP contribution in [0.25, 0.3) is 0 Å². The highest BCUT2D eigenvalue weighted by molar-refractivity contribution is 7.98. The molecule has 5 nitrogen and oxygen atoms in total. The lowest BCUT2D eigenvalue weighted by molar-refractivity contribution is 0.0956. The molecule has 0 aromatic heterocycles. The maximum Gasteiger partial charge on any atom is 0.261 e. The molecule has 0 atom stereocenters. The number of hydrogen-bond donors (Lipinski definition) is 2. The lowest BCUT2D eigenvalue weighted by Gasteiger charge is -2.10. The van der Waals surface area contributed by atoms with Gasteiger partial charge in [-0.1, -0.05) is 54.6 Å². The normalized spacial score (nSPS) is 11.0. The standard InChI is InChI=1S/C22H22N2O3S2/c25-22(23-14-15-28-17-18-8-3-1-4-9-18)19-10-7-11-20(16-19)24-29(26,27)21-12-5-2-6-13-21/h1-13,16,24H,14-15,17H2,(H,23,25). The fourth-order valence-corrected chi connectivity index (χ4v) is 4.53. The van der Waals surface area contributed by atoms with Gasteiger partial charge >= 0.3 is 0 Å². The van der Waals surface area contributed by atoms with Gasteiger partial charge in [0.15, 0.2) is 0 Å². The smallest absolute Gasteiger partial charge is 0.261 e. The van der Waals surface area contributed by atoms with Crippen LogP contribution in [0.5, 0.6) is 0 Å². The number of sulfonamides is 1. The number of nitrogens with one attached hydrogen (secondary N) is 2. The van der Waals surface area contributed by atoms with Crippen LogP contribution in [0.1, 0.15) is 15.9 Å². The van der Waals surface area contributed by atoms with Crippen LogP contribution in [-0.4, -0.2) is 26.6 Å². The van der Waals surface area contributed by atoms with Crippen molar-refractivity contribution in [2.45, 2.75) is 10.6 Å². The molecule has 2 N–H and O–H groups in total. The molecule has 0 saturated carbocycles. The second-order valence-corrected chi connectivity index (χ2v) is 9.08. The number of hydrogen-bond acceptors (Lipinski definition) is 4. The van der Waals surface area contributed by atoms with Crippen LogP contribution in [0.15, 0.2) is 89.8 Å². The van der Waals surface area contributed by atoms with Gasteiger partial charge in [0.1, 0.15) is 0 Å². The Morgan fingerprint density at radius 1 is 0.862 bits per heavy atom. The number of rotatable bonds is 9. The summed E-state index contributed by atoms with van der Waals surface area (Å²) >= 11 is 1.75. The molecule has 0 aliphatic heterocycles. The summed E-state index contributed by atoms with van der Waals surface area (Å²) in [6, 6.07) is 24.7. The summed E-state index contributed by atoms with van der Waals surface area (Å²) in [5.41, 5.74) is 2.01. The Balaban J connectivity index is 1.51. The minimum absolute atomic E-state index is 0.172. The summed E-state index contributed by atoms with van der Waals surface area (Å²) in [4.78, 5) is 12.5. The summed E-state index contributed by atoms with van der Waals surface area (Å²) in [5, 5.41) is 2.87. The number of carbonyl (C=O) groups is 1. The predicted molar refractivity (Wildman–Crippen MR) is 119 cm³/mol. The monoisotopic (exact) mass is 426 g/mol. The number of benzene rings is 3. The van der Waals surface area contributed by atoms with Crippen LogP contribution in [0.3, 0.4) is 0 Å². The molecule has 0 unspecified atom stereocenters. The highest BCUT2D eigenvalue weighted by Gasteiger charge is 2.14. The molecule has 0 aliphatic carbocycles. The van der Waals surface area contributed by atoms with Gasteiger partial charge in [-0.2, -0.15) is 11.8 Å². The Bertz CT molecular complexity index is 1040. The quantitative estimate of drug-likeness (QED) is 0.504. The topological polar surface area (TPSA) is 75.3 Å². The first-order valence-corrected chi connectivity index (χ1v) is 11.8. The van der Waals surface area contributed by atoms with E-state index in [1.54, 1.807) is 48.2 Å². The molecule has 0 fully saturated rings. The van der Waals surface area contributed by atoms with Crippen molar-refractivity contribution in [3.8, 4) is 0 Å². The highest BCUT2D eigenvalue weighted by atomic mass is 32.2. The molecule has 29 heavy (non-hydrogen) atoms. The molecular formula is C22H22N2O3S2. The molecule has 150 valence electrons. The Labute approximate surface area is 175 Å². The van der Waals surface area contributed by atoms with E-state index in [-0.39, 0.29) is 10.8 Å². The van der Waals surface area contributed by atoms with E-state index in [0.717, 1.165) is 11.5 Å². The number of amides is 1. The first-order valence-electron chi connectivity index (χ1n) is 9.12. The molecule has 0 bridgehead atoms. The maximum atomic E-state index is 12.4. The van der Waals surface area contributed by atoms with Gasteiger partial charge in [-0.05, 0) is 35.9 Å². The zero-order chi connectivity index (χ0) is 20.5. The molecule has 0 heterocycles. The third-order valence-corrected chi connectivity index (χ3v) is 6.50. The second-order valence-electron chi connectivity index (χ2n) is 6.29. The van der Waals surface area contributed by atoms with Gasteiger partial charge in [-0.15, -0.1) is 0 Å². The molecular weight excluding hydrogens is 404 g/mol. The van der Waals surface area contributed by atoms with Gasteiger partial charge in [0.05, 0.1) is 4.90 Å². The average molecular weight is 427 g/mol. The van der Waals surface area contributed by atoms with Crippen LogP contribution >= 0.6 is 11.8 Å². The first kappa shape index (κ1) is 21.0. The van der Waals surface area contributed by atoms with Gasteiger partial charge < -0.3 is 5.32 Å².